The molecule has 0 bridgehead atoms. The van der Waals surface area contributed by atoms with E-state index in [1.807, 2.05) is 12.1 Å². The highest BCUT2D eigenvalue weighted by molar-refractivity contribution is 5.79. The lowest BCUT2D eigenvalue weighted by molar-refractivity contribution is 0.523. The van der Waals surface area contributed by atoms with Gasteiger partial charge < -0.3 is 16.0 Å². The topological polar surface area (TPSA) is 110 Å². The highest BCUT2D eigenvalue weighted by atomic mass is 19.1. The first kappa shape index (κ1) is 20.3. The van der Waals surface area contributed by atoms with Crippen molar-refractivity contribution in [2.75, 3.05) is 5.73 Å². The summed E-state index contributed by atoms with van der Waals surface area (Å²) >= 11 is 0. The van der Waals surface area contributed by atoms with Crippen LogP contribution in [0.3, 0.4) is 0 Å². The number of anilines is 1. The molecular weight excluding hydrogens is 419 g/mol. The van der Waals surface area contributed by atoms with Crippen LogP contribution in [0.4, 0.5) is 10.2 Å². The molecule has 0 amide bonds. The van der Waals surface area contributed by atoms with Gasteiger partial charge in [-0.3, -0.25) is 4.98 Å². The third-order valence-electron chi connectivity index (χ3n) is 6.85. The van der Waals surface area contributed by atoms with E-state index in [4.69, 9.17) is 10.7 Å². The lowest BCUT2D eigenvalue weighted by Crippen LogP contribution is -2.27. The number of halogens is 1. The molecule has 33 heavy (non-hydrogen) atoms. The largest absolute Gasteiger partial charge is 0.383 e. The van der Waals surface area contributed by atoms with Crippen LogP contribution in [-0.4, -0.2) is 41.6 Å². The summed E-state index contributed by atoms with van der Waals surface area (Å²) in [5.41, 5.74) is 12.0. The monoisotopic (exact) mass is 446 g/mol. The molecule has 6 rings (SSSR count). The zero-order chi connectivity index (χ0) is 22.5. The molecule has 8 nitrogen and oxygen atoms in total. The van der Waals surface area contributed by atoms with Crippen LogP contribution >= 0.6 is 0 Å². The van der Waals surface area contributed by atoms with Crippen molar-refractivity contribution in [1.82, 2.24) is 34.9 Å². The third kappa shape index (κ3) is 3.76. The van der Waals surface area contributed by atoms with Crippen LogP contribution in [-0.2, 0) is 6.42 Å². The minimum atomic E-state index is -0.556. The number of hydrogen-bond acceptors (Lipinski definition) is 6. The van der Waals surface area contributed by atoms with Gasteiger partial charge in [0, 0.05) is 35.0 Å². The zero-order valence-electron chi connectivity index (χ0n) is 18.6. The summed E-state index contributed by atoms with van der Waals surface area (Å²) in [6, 6.07) is 4.87. The molecule has 4 aromatic heterocycles. The van der Waals surface area contributed by atoms with E-state index in [1.165, 1.54) is 24.6 Å². The number of H-pyrrole nitrogens is 1. The number of pyridine rings is 1. The van der Waals surface area contributed by atoms with E-state index in [2.05, 4.69) is 32.3 Å². The average molecular weight is 447 g/mol. The molecule has 4 N–H and O–H groups in total. The maximum Gasteiger partial charge on any atom is 0.231 e. The fourth-order valence-electron chi connectivity index (χ4n) is 4.97. The summed E-state index contributed by atoms with van der Waals surface area (Å²) < 4.78 is 15.0. The summed E-state index contributed by atoms with van der Waals surface area (Å²) in [4.78, 5) is 16.1. The number of nitrogens with two attached hydrogens (primary N) is 1. The lowest BCUT2D eigenvalue weighted by atomic mass is 10.0. The van der Waals surface area contributed by atoms with Gasteiger partial charge in [0.05, 0.1) is 18.1 Å². The Hall–Kier alpha value is -3.33. The van der Waals surface area contributed by atoms with Crippen molar-refractivity contribution in [3.05, 3.63) is 47.9 Å². The van der Waals surface area contributed by atoms with Crippen molar-refractivity contribution in [3.8, 4) is 22.6 Å². The maximum atomic E-state index is 13.2. The number of nitrogens with one attached hydrogen (secondary N) is 2. The van der Waals surface area contributed by atoms with E-state index < -0.39 is 5.95 Å². The Balaban J connectivity index is 1.35. The number of aromatic nitrogens is 6. The normalized spacial score (nSPS) is 20.7. The number of nitrogen functional groups attached to an aromatic ring is 1. The van der Waals surface area contributed by atoms with Crippen molar-refractivity contribution in [2.45, 2.75) is 63.5 Å². The number of hydrogen-bond donors (Lipinski definition) is 3. The Morgan fingerprint density at radius 3 is 2.70 bits per heavy atom. The molecular formula is C24H27FN8. The van der Waals surface area contributed by atoms with Crippen molar-refractivity contribution < 1.29 is 4.39 Å². The number of aryl methyl sites for hydroxylation is 1. The summed E-state index contributed by atoms with van der Waals surface area (Å²) in [5, 5.41) is 8.24. The van der Waals surface area contributed by atoms with Crippen molar-refractivity contribution >= 4 is 11.5 Å². The molecule has 170 valence electrons. The van der Waals surface area contributed by atoms with Gasteiger partial charge in [-0.15, -0.1) is 0 Å². The fourth-order valence-corrected chi connectivity index (χ4v) is 4.97. The van der Waals surface area contributed by atoms with E-state index in [0.29, 0.717) is 35.3 Å². The van der Waals surface area contributed by atoms with Crippen LogP contribution in [0.1, 0.15) is 56.2 Å². The number of aromatic amines is 1. The fraction of sp³-hybridized carbons (Fsp3) is 0.417. The quantitative estimate of drug-likeness (QED) is 0.415. The summed E-state index contributed by atoms with van der Waals surface area (Å²) in [6.07, 6.45) is 11.5. The third-order valence-corrected chi connectivity index (χ3v) is 6.85. The summed E-state index contributed by atoms with van der Waals surface area (Å²) in [6.45, 7) is 2.25. The minimum Gasteiger partial charge on any atom is -0.383 e. The molecule has 5 heterocycles. The zero-order valence-corrected chi connectivity index (χ0v) is 18.6. The highest BCUT2D eigenvalue weighted by Crippen LogP contribution is 2.45. The van der Waals surface area contributed by atoms with Gasteiger partial charge in [0.1, 0.15) is 11.5 Å². The highest BCUT2D eigenvalue weighted by Gasteiger charge is 2.31. The Morgan fingerprint density at radius 1 is 1.15 bits per heavy atom. The molecule has 1 aliphatic carbocycles. The molecule has 2 fully saturated rings. The van der Waals surface area contributed by atoms with E-state index in [0.717, 1.165) is 48.2 Å². The standard InChI is InChI=1S/C24H27FN8/c1-13-2-6-16(30-13)7-9-18-21(14-3-4-14)22(26)33-24(31-18)17(11-29-33)15-5-8-19(27-10-15)23-28-12-20(25)32-23/h5,8,10-14,16,30H,2-4,6-7,9,26H2,1H3,(H,28,32)/t13-,16-/m1/s1. The first-order chi connectivity index (χ1) is 16.1. The van der Waals surface area contributed by atoms with Gasteiger partial charge in [-0.25, -0.2) is 4.98 Å². The predicted molar refractivity (Wildman–Crippen MR) is 124 cm³/mol. The summed E-state index contributed by atoms with van der Waals surface area (Å²) in [5.74, 6) is 1.04. The second-order valence-electron chi connectivity index (χ2n) is 9.31. The molecule has 2 aliphatic rings. The Kier molecular flexibility index (Phi) is 4.86. The molecule has 1 saturated heterocycles. The smallest absolute Gasteiger partial charge is 0.231 e. The van der Waals surface area contributed by atoms with Gasteiger partial charge in [-0.2, -0.15) is 19.0 Å². The minimum absolute atomic E-state index is 0.396. The van der Waals surface area contributed by atoms with Crippen LogP contribution in [0.2, 0.25) is 0 Å². The first-order valence-corrected chi connectivity index (χ1v) is 11.7. The molecule has 0 spiro atoms. The predicted octanol–water partition coefficient (Wildman–Crippen LogP) is 3.85. The van der Waals surface area contributed by atoms with Crippen molar-refractivity contribution in [2.24, 2.45) is 0 Å². The second kappa shape index (κ2) is 7.91. The average Bonchev–Trinajstić information content (AvgIpc) is 3.18. The van der Waals surface area contributed by atoms with Gasteiger partial charge in [-0.05, 0) is 57.4 Å². The Labute approximate surface area is 190 Å². The van der Waals surface area contributed by atoms with Crippen LogP contribution in [0, 0.1) is 5.95 Å². The molecule has 9 heteroatoms. The van der Waals surface area contributed by atoms with Crippen LogP contribution in [0.5, 0.6) is 0 Å². The van der Waals surface area contributed by atoms with Gasteiger partial charge in [0.2, 0.25) is 5.95 Å². The Bertz CT molecular complexity index is 1300. The Morgan fingerprint density at radius 2 is 2.03 bits per heavy atom. The molecule has 0 unspecified atom stereocenters. The first-order valence-electron chi connectivity index (χ1n) is 11.7. The van der Waals surface area contributed by atoms with Gasteiger partial charge >= 0.3 is 0 Å². The van der Waals surface area contributed by atoms with Crippen LogP contribution in [0.25, 0.3) is 28.3 Å². The van der Waals surface area contributed by atoms with Crippen molar-refractivity contribution in [3.63, 3.8) is 0 Å². The maximum absolute atomic E-state index is 13.2. The van der Waals surface area contributed by atoms with Crippen LogP contribution < -0.4 is 11.1 Å². The number of imidazole rings is 1. The molecule has 1 aliphatic heterocycles. The number of fused-ring (bicyclic) bond motifs is 1. The molecule has 2 atom stereocenters. The second-order valence-corrected chi connectivity index (χ2v) is 9.31. The molecule has 4 aromatic rings. The van der Waals surface area contributed by atoms with Gasteiger partial charge in [0.25, 0.3) is 0 Å². The number of nitrogens with zero attached hydrogens (tertiary/aromatic N) is 5. The lowest BCUT2D eigenvalue weighted by Gasteiger charge is -2.16. The molecule has 1 saturated carbocycles. The van der Waals surface area contributed by atoms with Gasteiger partial charge in [-0.1, -0.05) is 6.07 Å². The van der Waals surface area contributed by atoms with Gasteiger partial charge in [0.15, 0.2) is 11.5 Å². The molecule has 0 radical (unpaired) electrons. The van der Waals surface area contributed by atoms with E-state index in [-0.39, 0.29) is 0 Å². The van der Waals surface area contributed by atoms with Crippen molar-refractivity contribution in [1.29, 1.82) is 0 Å². The van der Waals surface area contributed by atoms with E-state index in [9.17, 15) is 4.39 Å². The number of rotatable bonds is 6. The summed E-state index contributed by atoms with van der Waals surface area (Å²) in [7, 11) is 0. The van der Waals surface area contributed by atoms with Crippen LogP contribution in [0.15, 0.2) is 30.7 Å². The van der Waals surface area contributed by atoms with E-state index in [1.54, 1.807) is 16.9 Å². The SMILES string of the molecule is C[C@@H]1CC[C@H](CCc2nc3c(-c4ccc(-c5nc(F)c[nH]5)nc4)cnn3c(N)c2C2CC2)N1. The molecule has 0 aromatic carbocycles. The van der Waals surface area contributed by atoms with E-state index >= 15 is 0 Å².